The van der Waals surface area contributed by atoms with Crippen LogP contribution in [0.25, 0.3) is 22.2 Å². The van der Waals surface area contributed by atoms with Gasteiger partial charge >= 0.3 is 5.97 Å². The van der Waals surface area contributed by atoms with Crippen molar-refractivity contribution < 1.29 is 9.90 Å². The third-order valence-electron chi connectivity index (χ3n) is 5.10. The zero-order chi connectivity index (χ0) is 19.7. The van der Waals surface area contributed by atoms with Gasteiger partial charge in [0.15, 0.2) is 0 Å². The molecule has 1 saturated heterocycles. The second kappa shape index (κ2) is 7.89. The molecule has 0 aliphatic carbocycles. The summed E-state index contributed by atoms with van der Waals surface area (Å²) in [7, 11) is 1.80. The first kappa shape index (κ1) is 18.9. The Morgan fingerprint density at radius 2 is 1.96 bits per heavy atom. The van der Waals surface area contributed by atoms with Crippen LogP contribution < -0.4 is 4.90 Å². The number of hydrogen-bond donors (Lipinski definition) is 2. The third kappa shape index (κ3) is 4.03. The molecule has 1 fully saturated rings. The monoisotopic (exact) mass is 395 g/mol. The lowest BCUT2D eigenvalue weighted by atomic mass is 10.1. The highest BCUT2D eigenvalue weighted by atomic mass is 32.2. The van der Waals surface area contributed by atoms with E-state index >= 15 is 0 Å². The average molecular weight is 396 g/mol. The van der Waals surface area contributed by atoms with Crippen molar-refractivity contribution >= 4 is 34.5 Å². The minimum atomic E-state index is -0.824. The van der Waals surface area contributed by atoms with E-state index in [1.807, 2.05) is 0 Å². The molecule has 2 N–H and O–H groups in total. The van der Waals surface area contributed by atoms with E-state index in [4.69, 9.17) is 5.11 Å². The van der Waals surface area contributed by atoms with Crippen LogP contribution in [0.5, 0.6) is 0 Å². The lowest BCUT2D eigenvalue weighted by molar-refractivity contribution is -0.136. The Morgan fingerprint density at radius 1 is 1.18 bits per heavy atom. The molecule has 1 aromatic heterocycles. The second-order valence-corrected chi connectivity index (χ2v) is 8.70. The van der Waals surface area contributed by atoms with Gasteiger partial charge in [-0.05, 0) is 74.7 Å². The highest BCUT2D eigenvalue weighted by Crippen LogP contribution is 2.37. The Kier molecular flexibility index (Phi) is 5.33. The molecule has 0 spiro atoms. The summed E-state index contributed by atoms with van der Waals surface area (Å²) in [6.07, 6.45) is 2.45. The molecule has 1 aliphatic rings. The van der Waals surface area contributed by atoms with Gasteiger partial charge in [-0.2, -0.15) is 0 Å². The van der Waals surface area contributed by atoms with Crippen molar-refractivity contribution in [2.45, 2.75) is 24.7 Å². The summed E-state index contributed by atoms with van der Waals surface area (Å²) < 4.78 is 1.74. The van der Waals surface area contributed by atoms with Gasteiger partial charge < -0.3 is 15.0 Å². The Hall–Kier alpha value is -2.44. The average Bonchev–Trinajstić information content (AvgIpc) is 3.30. The number of carbonyl (C=O) groups is 1. The predicted octanol–water partition coefficient (Wildman–Crippen LogP) is 4.77. The standard InChI is InChI=1S/C22H25N3O2S/c1-15-5-6-16-12-20(23-19(16)11-15)18-13-17(28-24(2)14-22(26)27)7-8-21(18)25-9-3-4-10-25/h5-8,11-13,23H,3-4,9-10,14H2,1-2H3,(H,26,27). The molecule has 4 rings (SSSR count). The molecule has 3 aromatic rings. The fraction of sp³-hybridized carbons (Fsp3) is 0.318. The van der Waals surface area contributed by atoms with Crippen LogP contribution in [-0.2, 0) is 4.79 Å². The first-order valence-corrected chi connectivity index (χ1v) is 10.4. The lowest BCUT2D eigenvalue weighted by Crippen LogP contribution is -2.19. The number of fused-ring (bicyclic) bond motifs is 1. The van der Waals surface area contributed by atoms with Gasteiger partial charge in [0.25, 0.3) is 0 Å². The van der Waals surface area contributed by atoms with Crippen molar-refractivity contribution in [1.29, 1.82) is 0 Å². The Labute approximate surface area is 169 Å². The number of benzene rings is 2. The quantitative estimate of drug-likeness (QED) is 0.589. The molecule has 0 unspecified atom stereocenters. The molecule has 0 amide bonds. The van der Waals surface area contributed by atoms with Gasteiger partial charge in [0, 0.05) is 45.8 Å². The first-order valence-electron chi connectivity index (χ1n) is 9.59. The Balaban J connectivity index is 1.74. The maximum Gasteiger partial charge on any atom is 0.318 e. The van der Waals surface area contributed by atoms with Crippen molar-refractivity contribution in [3.8, 4) is 11.3 Å². The molecule has 146 valence electrons. The molecule has 6 heteroatoms. The third-order valence-corrected chi connectivity index (χ3v) is 6.01. The summed E-state index contributed by atoms with van der Waals surface area (Å²) in [5.74, 6) is -0.824. The Bertz CT molecular complexity index is 1010. The van der Waals surface area contributed by atoms with E-state index in [1.54, 1.807) is 11.4 Å². The summed E-state index contributed by atoms with van der Waals surface area (Å²) in [6.45, 7) is 4.26. The number of aryl methyl sites for hydroxylation is 1. The van der Waals surface area contributed by atoms with Crippen molar-refractivity contribution in [2.24, 2.45) is 0 Å². The topological polar surface area (TPSA) is 59.6 Å². The number of carboxylic acids is 1. The number of likely N-dealkylation sites (N-methyl/N-ethyl adjacent to an activating group) is 1. The van der Waals surface area contributed by atoms with E-state index in [-0.39, 0.29) is 6.54 Å². The van der Waals surface area contributed by atoms with E-state index in [9.17, 15) is 4.79 Å². The minimum absolute atomic E-state index is 0.000455. The van der Waals surface area contributed by atoms with Crippen LogP contribution in [0, 0.1) is 6.92 Å². The van der Waals surface area contributed by atoms with Crippen LogP contribution in [0.2, 0.25) is 0 Å². The number of rotatable bonds is 6. The number of H-pyrrole nitrogens is 1. The molecule has 1 aliphatic heterocycles. The van der Waals surface area contributed by atoms with Crippen LogP contribution >= 0.6 is 11.9 Å². The van der Waals surface area contributed by atoms with Crippen LogP contribution in [0.15, 0.2) is 47.4 Å². The zero-order valence-electron chi connectivity index (χ0n) is 16.2. The van der Waals surface area contributed by atoms with Crippen molar-refractivity contribution in [3.05, 3.63) is 48.0 Å². The van der Waals surface area contributed by atoms with Gasteiger partial charge in [-0.15, -0.1) is 0 Å². The van der Waals surface area contributed by atoms with E-state index in [1.165, 1.54) is 47.0 Å². The maximum atomic E-state index is 11.0. The Morgan fingerprint density at radius 3 is 2.71 bits per heavy atom. The summed E-state index contributed by atoms with van der Waals surface area (Å²) >= 11 is 1.46. The van der Waals surface area contributed by atoms with Gasteiger partial charge in [-0.25, -0.2) is 4.31 Å². The predicted molar refractivity (Wildman–Crippen MR) is 116 cm³/mol. The molecule has 0 bridgehead atoms. The van der Waals surface area contributed by atoms with Crippen molar-refractivity contribution in [3.63, 3.8) is 0 Å². The molecule has 2 heterocycles. The number of carboxylic acid groups (broad SMARTS) is 1. The highest BCUT2D eigenvalue weighted by Gasteiger charge is 2.19. The number of aromatic nitrogens is 1. The van der Waals surface area contributed by atoms with Gasteiger partial charge in [0.05, 0.1) is 0 Å². The number of hydrogen-bond acceptors (Lipinski definition) is 4. The van der Waals surface area contributed by atoms with Crippen LogP contribution in [-0.4, -0.2) is 47.0 Å². The smallest absolute Gasteiger partial charge is 0.318 e. The number of aromatic amines is 1. The van der Waals surface area contributed by atoms with E-state index in [2.05, 4.69) is 59.3 Å². The molecular weight excluding hydrogens is 370 g/mol. The maximum absolute atomic E-state index is 11.0. The van der Waals surface area contributed by atoms with Crippen molar-refractivity contribution in [2.75, 3.05) is 31.6 Å². The number of nitrogens with one attached hydrogen (secondary N) is 1. The van der Waals surface area contributed by atoms with Crippen LogP contribution in [0.1, 0.15) is 18.4 Å². The fourth-order valence-corrected chi connectivity index (χ4v) is 4.64. The van der Waals surface area contributed by atoms with Gasteiger partial charge in [0.1, 0.15) is 6.54 Å². The highest BCUT2D eigenvalue weighted by molar-refractivity contribution is 7.97. The molecule has 5 nitrogen and oxygen atoms in total. The molecule has 0 saturated carbocycles. The summed E-state index contributed by atoms with van der Waals surface area (Å²) in [6, 6.07) is 15.1. The van der Waals surface area contributed by atoms with Gasteiger partial charge in [-0.1, -0.05) is 12.1 Å². The fourth-order valence-electron chi connectivity index (χ4n) is 3.81. The number of aliphatic carboxylic acids is 1. The van der Waals surface area contributed by atoms with Gasteiger partial charge in [0.2, 0.25) is 0 Å². The molecule has 0 radical (unpaired) electrons. The van der Waals surface area contributed by atoms with Crippen LogP contribution in [0.4, 0.5) is 5.69 Å². The molecule has 0 atom stereocenters. The second-order valence-electron chi connectivity index (χ2n) is 7.42. The first-order chi connectivity index (χ1) is 13.5. The minimum Gasteiger partial charge on any atom is -0.480 e. The number of anilines is 1. The molecular formula is C22H25N3O2S. The van der Waals surface area contributed by atoms with E-state index in [0.29, 0.717) is 0 Å². The summed E-state index contributed by atoms with van der Waals surface area (Å²) in [5, 5.41) is 10.2. The van der Waals surface area contributed by atoms with Gasteiger partial charge in [-0.3, -0.25) is 4.79 Å². The lowest BCUT2D eigenvalue weighted by Gasteiger charge is -2.22. The SMILES string of the molecule is Cc1ccc2cc(-c3cc(SN(C)CC(=O)O)ccc3N3CCCC3)[nH]c2c1. The summed E-state index contributed by atoms with van der Waals surface area (Å²) in [5.41, 5.74) is 5.89. The largest absolute Gasteiger partial charge is 0.480 e. The van der Waals surface area contributed by atoms with Crippen LogP contribution in [0.3, 0.4) is 0 Å². The van der Waals surface area contributed by atoms with E-state index in [0.717, 1.165) is 29.2 Å². The molecule has 2 aromatic carbocycles. The molecule has 28 heavy (non-hydrogen) atoms. The summed E-state index contributed by atoms with van der Waals surface area (Å²) in [4.78, 5) is 18.0. The normalized spacial score (nSPS) is 14.3. The number of nitrogens with zero attached hydrogens (tertiary/aromatic N) is 2. The van der Waals surface area contributed by atoms with E-state index < -0.39 is 5.97 Å². The van der Waals surface area contributed by atoms with Crippen molar-refractivity contribution in [1.82, 2.24) is 9.29 Å². The zero-order valence-corrected chi connectivity index (χ0v) is 17.1.